The zero-order valence-corrected chi connectivity index (χ0v) is 14.9. The topological polar surface area (TPSA) is 50.6 Å². The number of rotatable bonds is 4. The van der Waals surface area contributed by atoms with Crippen LogP contribution in [0.15, 0.2) is 0 Å². The van der Waals surface area contributed by atoms with E-state index in [2.05, 4.69) is 31.0 Å². The van der Waals surface area contributed by atoms with E-state index in [4.69, 9.17) is 4.74 Å². The first-order chi connectivity index (χ1) is 10.9. The zero-order chi connectivity index (χ0) is 16.7. The minimum Gasteiger partial charge on any atom is -0.369 e. The Morgan fingerprint density at radius 3 is 2.65 bits per heavy atom. The van der Waals surface area contributed by atoms with Crippen LogP contribution in [0.2, 0.25) is 0 Å². The van der Waals surface area contributed by atoms with Gasteiger partial charge in [0.25, 0.3) is 5.91 Å². The summed E-state index contributed by atoms with van der Waals surface area (Å²) in [4.78, 5) is 17.1. The third kappa shape index (κ3) is 3.02. The smallest absolute Gasteiger partial charge is 0.272 e. The second-order valence-electron chi connectivity index (χ2n) is 7.16. The minimum absolute atomic E-state index is 0.0361. The average Bonchev–Trinajstić information content (AvgIpc) is 2.80. The first-order valence-electron chi connectivity index (χ1n) is 8.59. The van der Waals surface area contributed by atoms with Crippen molar-refractivity contribution in [3.8, 4) is 0 Å². The van der Waals surface area contributed by atoms with E-state index in [1.807, 2.05) is 23.4 Å². The summed E-state index contributed by atoms with van der Waals surface area (Å²) >= 11 is 0. The molecule has 0 aliphatic carbocycles. The summed E-state index contributed by atoms with van der Waals surface area (Å²) in [6.07, 6.45) is 0.873. The maximum absolute atomic E-state index is 13.0. The molecule has 2 atom stereocenters. The molecule has 128 valence electrons. The Labute approximate surface area is 138 Å². The Hall–Kier alpha value is -1.40. The first-order valence-corrected chi connectivity index (χ1v) is 8.59. The lowest BCUT2D eigenvalue weighted by atomic mass is 9.96. The maximum atomic E-state index is 13.0. The van der Waals surface area contributed by atoms with Crippen LogP contribution in [0.1, 0.15) is 48.6 Å². The zero-order valence-electron chi connectivity index (χ0n) is 14.9. The van der Waals surface area contributed by atoms with Crippen molar-refractivity contribution in [2.45, 2.75) is 45.9 Å². The van der Waals surface area contributed by atoms with Crippen LogP contribution < -0.4 is 0 Å². The second-order valence-corrected chi connectivity index (χ2v) is 7.16. The summed E-state index contributed by atoms with van der Waals surface area (Å²) in [6.45, 7) is 9.57. The molecule has 0 N–H and O–H groups in total. The van der Waals surface area contributed by atoms with Crippen LogP contribution in [-0.4, -0.2) is 65.3 Å². The molecule has 3 heterocycles. The molecule has 1 saturated heterocycles. The summed E-state index contributed by atoms with van der Waals surface area (Å²) in [5.74, 6) is 0.723. The first kappa shape index (κ1) is 16.5. The maximum Gasteiger partial charge on any atom is 0.272 e. The van der Waals surface area contributed by atoms with E-state index >= 15 is 0 Å². The van der Waals surface area contributed by atoms with Gasteiger partial charge in [-0.3, -0.25) is 9.48 Å². The predicted octanol–water partition coefficient (Wildman–Crippen LogP) is 1.56. The van der Waals surface area contributed by atoms with E-state index in [1.54, 1.807) is 0 Å². The van der Waals surface area contributed by atoms with E-state index in [-0.39, 0.29) is 18.1 Å². The number of nitrogens with zero attached hydrogens (tertiary/aromatic N) is 4. The van der Waals surface area contributed by atoms with Crippen LogP contribution in [0, 0.1) is 5.92 Å². The highest BCUT2D eigenvalue weighted by atomic mass is 16.5. The molecule has 0 bridgehead atoms. The molecular formula is C17H28N4O2. The number of fused-ring (bicyclic) bond motifs is 1. The van der Waals surface area contributed by atoms with Gasteiger partial charge in [-0.05, 0) is 34.9 Å². The summed E-state index contributed by atoms with van der Waals surface area (Å²) in [5, 5.41) is 4.65. The highest BCUT2D eigenvalue weighted by Crippen LogP contribution is 2.33. The number of hydrogen-bond acceptors (Lipinski definition) is 4. The molecule has 0 aromatic carbocycles. The molecule has 0 unspecified atom stereocenters. The van der Waals surface area contributed by atoms with Crippen molar-refractivity contribution in [3.63, 3.8) is 0 Å². The van der Waals surface area contributed by atoms with Gasteiger partial charge in [-0.2, -0.15) is 5.10 Å². The van der Waals surface area contributed by atoms with Gasteiger partial charge in [-0.15, -0.1) is 0 Å². The van der Waals surface area contributed by atoms with E-state index in [9.17, 15) is 4.79 Å². The summed E-state index contributed by atoms with van der Waals surface area (Å²) < 4.78 is 7.73. The SMILES string of the molecule is CCn1nc2c(c1C(=O)N1CC(CN(C)C)C1)C[C@H](C)O[C@@H]2C. The van der Waals surface area contributed by atoms with Crippen molar-refractivity contribution in [3.05, 3.63) is 17.0 Å². The van der Waals surface area contributed by atoms with Gasteiger partial charge in [-0.1, -0.05) is 0 Å². The molecular weight excluding hydrogens is 292 g/mol. The van der Waals surface area contributed by atoms with Crippen molar-refractivity contribution >= 4 is 5.91 Å². The Morgan fingerprint density at radius 2 is 2.04 bits per heavy atom. The molecule has 1 amide bonds. The van der Waals surface area contributed by atoms with Crippen LogP contribution in [0.3, 0.4) is 0 Å². The van der Waals surface area contributed by atoms with E-state index in [1.165, 1.54) is 0 Å². The lowest BCUT2D eigenvalue weighted by Gasteiger charge is -2.40. The number of aromatic nitrogens is 2. The van der Waals surface area contributed by atoms with Crippen LogP contribution >= 0.6 is 0 Å². The largest absolute Gasteiger partial charge is 0.369 e. The Kier molecular flexibility index (Phi) is 4.47. The number of hydrogen-bond donors (Lipinski definition) is 0. The number of aryl methyl sites for hydroxylation is 1. The lowest BCUT2D eigenvalue weighted by molar-refractivity contribution is -0.00724. The minimum atomic E-state index is -0.0361. The quantitative estimate of drug-likeness (QED) is 0.845. The van der Waals surface area contributed by atoms with Crippen molar-refractivity contribution in [1.29, 1.82) is 0 Å². The second kappa shape index (κ2) is 6.24. The van der Waals surface area contributed by atoms with Crippen molar-refractivity contribution in [1.82, 2.24) is 19.6 Å². The molecule has 23 heavy (non-hydrogen) atoms. The molecule has 3 rings (SSSR count). The van der Waals surface area contributed by atoms with Crippen LogP contribution in [0.4, 0.5) is 0 Å². The van der Waals surface area contributed by atoms with Gasteiger partial charge in [-0.25, -0.2) is 0 Å². The fourth-order valence-electron chi connectivity index (χ4n) is 3.78. The fourth-order valence-corrected chi connectivity index (χ4v) is 3.78. The van der Waals surface area contributed by atoms with E-state index < -0.39 is 0 Å². The van der Waals surface area contributed by atoms with Crippen LogP contribution in [0.25, 0.3) is 0 Å². The number of likely N-dealkylation sites (tertiary alicyclic amines) is 1. The van der Waals surface area contributed by atoms with Crippen LogP contribution in [0.5, 0.6) is 0 Å². The summed E-state index contributed by atoms with van der Waals surface area (Å²) in [6, 6.07) is 0. The number of amides is 1. The summed E-state index contributed by atoms with van der Waals surface area (Å²) in [5.41, 5.74) is 2.82. The van der Waals surface area contributed by atoms with Crippen molar-refractivity contribution in [2.24, 2.45) is 5.92 Å². The molecule has 1 aromatic heterocycles. The Morgan fingerprint density at radius 1 is 1.35 bits per heavy atom. The highest BCUT2D eigenvalue weighted by molar-refractivity contribution is 5.95. The van der Waals surface area contributed by atoms with Gasteiger partial charge in [0.05, 0.1) is 17.9 Å². The highest BCUT2D eigenvalue weighted by Gasteiger charge is 2.37. The van der Waals surface area contributed by atoms with Gasteiger partial charge in [0.15, 0.2) is 0 Å². The van der Waals surface area contributed by atoms with Gasteiger partial charge in [0.1, 0.15) is 5.69 Å². The van der Waals surface area contributed by atoms with E-state index in [0.717, 1.165) is 43.0 Å². The monoisotopic (exact) mass is 320 g/mol. The molecule has 0 spiro atoms. The van der Waals surface area contributed by atoms with Crippen molar-refractivity contribution < 1.29 is 9.53 Å². The van der Waals surface area contributed by atoms with Gasteiger partial charge < -0.3 is 14.5 Å². The lowest BCUT2D eigenvalue weighted by Crippen LogP contribution is -2.53. The average molecular weight is 320 g/mol. The van der Waals surface area contributed by atoms with Gasteiger partial charge >= 0.3 is 0 Å². The summed E-state index contributed by atoms with van der Waals surface area (Å²) in [7, 11) is 4.16. The van der Waals surface area contributed by atoms with Gasteiger partial charge in [0.2, 0.25) is 0 Å². The normalized spacial score (nSPS) is 24.7. The number of carbonyl (C=O) groups is 1. The molecule has 0 saturated carbocycles. The third-order valence-corrected chi connectivity index (χ3v) is 4.76. The molecule has 2 aliphatic rings. The fraction of sp³-hybridized carbons (Fsp3) is 0.765. The van der Waals surface area contributed by atoms with E-state index in [0.29, 0.717) is 12.5 Å². The Balaban J connectivity index is 1.81. The molecule has 1 aromatic rings. The molecule has 6 nitrogen and oxygen atoms in total. The van der Waals surface area contributed by atoms with Gasteiger partial charge in [0, 0.05) is 44.1 Å². The molecule has 6 heteroatoms. The molecule has 1 fully saturated rings. The molecule has 0 radical (unpaired) electrons. The predicted molar refractivity (Wildman–Crippen MR) is 88.5 cm³/mol. The molecule has 2 aliphatic heterocycles. The standard InChI is InChI=1S/C17H28N4O2/c1-6-21-16(14-7-11(2)23-12(3)15(14)18-21)17(22)20-9-13(10-20)8-19(4)5/h11-13H,6-10H2,1-5H3/t11-,12+/m0/s1. The Bertz CT molecular complexity index is 590. The third-order valence-electron chi connectivity index (χ3n) is 4.76. The van der Waals surface area contributed by atoms with Crippen LogP contribution in [-0.2, 0) is 17.7 Å². The number of carbonyl (C=O) groups excluding carboxylic acids is 1. The van der Waals surface area contributed by atoms with Crippen molar-refractivity contribution in [2.75, 3.05) is 33.7 Å². The number of ether oxygens (including phenoxy) is 1.